The average Bonchev–Trinajstić information content (AvgIpc) is 3.32. The van der Waals surface area contributed by atoms with Crippen LogP contribution in [0.5, 0.6) is 5.75 Å². The highest BCUT2D eigenvalue weighted by atomic mass is 32.1. The van der Waals surface area contributed by atoms with E-state index in [9.17, 15) is 14.7 Å². The maximum atomic E-state index is 13.5. The monoisotopic (exact) mass is 505 g/mol. The topological polar surface area (TPSA) is 84.2 Å². The van der Waals surface area contributed by atoms with Crippen molar-refractivity contribution >= 4 is 33.3 Å². The SMILES string of the molecule is CCCCCCn1c(=O)c(C(=O)Nc2nc(C34CC5CC(CC(C5)C3)C4)cs2)c(O)c2ccccc21. The largest absolute Gasteiger partial charge is 0.506 e. The van der Waals surface area contributed by atoms with E-state index in [0.717, 1.165) is 49.1 Å². The summed E-state index contributed by atoms with van der Waals surface area (Å²) in [6.07, 6.45) is 11.8. The molecule has 0 saturated heterocycles. The number of aryl methyl sites for hydroxylation is 1. The van der Waals surface area contributed by atoms with E-state index >= 15 is 0 Å². The van der Waals surface area contributed by atoms with Gasteiger partial charge in [0.1, 0.15) is 11.3 Å². The zero-order valence-corrected chi connectivity index (χ0v) is 21.8. The van der Waals surface area contributed by atoms with Crippen molar-refractivity contribution in [1.29, 1.82) is 0 Å². The molecule has 1 aromatic carbocycles. The van der Waals surface area contributed by atoms with E-state index in [0.29, 0.717) is 22.6 Å². The molecule has 7 rings (SSSR count). The van der Waals surface area contributed by atoms with Crippen LogP contribution in [0, 0.1) is 17.8 Å². The number of anilines is 1. The molecule has 0 spiro atoms. The van der Waals surface area contributed by atoms with E-state index < -0.39 is 11.5 Å². The number of thiazole rings is 1. The highest BCUT2D eigenvalue weighted by Gasteiger charge is 2.52. The molecule has 1 amide bonds. The van der Waals surface area contributed by atoms with Gasteiger partial charge in [-0.25, -0.2) is 4.98 Å². The fraction of sp³-hybridized carbons (Fsp3) is 0.552. The van der Waals surface area contributed by atoms with Gasteiger partial charge in [0, 0.05) is 22.7 Å². The first-order chi connectivity index (χ1) is 17.5. The smallest absolute Gasteiger partial charge is 0.267 e. The van der Waals surface area contributed by atoms with Gasteiger partial charge in [0.05, 0.1) is 11.2 Å². The highest BCUT2D eigenvalue weighted by Crippen LogP contribution is 2.60. The van der Waals surface area contributed by atoms with E-state index in [-0.39, 0.29) is 16.7 Å². The number of fused-ring (bicyclic) bond motifs is 1. The number of aromatic nitrogens is 2. The number of hydrogen-bond acceptors (Lipinski definition) is 5. The summed E-state index contributed by atoms with van der Waals surface area (Å²) in [5.74, 6) is 1.62. The minimum Gasteiger partial charge on any atom is -0.506 e. The molecule has 36 heavy (non-hydrogen) atoms. The van der Waals surface area contributed by atoms with Gasteiger partial charge in [-0.05, 0) is 74.8 Å². The van der Waals surface area contributed by atoms with Gasteiger partial charge in [0.2, 0.25) is 0 Å². The van der Waals surface area contributed by atoms with E-state index in [4.69, 9.17) is 4.98 Å². The van der Waals surface area contributed by atoms with Crippen molar-refractivity contribution in [3.63, 3.8) is 0 Å². The quantitative estimate of drug-likeness (QED) is 0.344. The molecule has 0 atom stereocenters. The van der Waals surface area contributed by atoms with Crippen molar-refractivity contribution in [2.45, 2.75) is 83.1 Å². The van der Waals surface area contributed by atoms with E-state index in [1.165, 1.54) is 49.9 Å². The van der Waals surface area contributed by atoms with Gasteiger partial charge in [-0.3, -0.25) is 14.9 Å². The van der Waals surface area contributed by atoms with Gasteiger partial charge in [-0.15, -0.1) is 11.3 Å². The molecular formula is C29H35N3O3S. The third kappa shape index (κ3) is 4.05. The number of para-hydroxylation sites is 1. The fourth-order valence-electron chi connectivity index (χ4n) is 7.67. The minimum absolute atomic E-state index is 0.157. The van der Waals surface area contributed by atoms with E-state index in [1.54, 1.807) is 10.6 Å². The lowest BCUT2D eigenvalue weighted by atomic mass is 9.49. The lowest BCUT2D eigenvalue weighted by molar-refractivity contribution is -0.00688. The number of hydrogen-bond donors (Lipinski definition) is 2. The minimum atomic E-state index is -0.586. The zero-order valence-electron chi connectivity index (χ0n) is 21.0. The molecular weight excluding hydrogens is 470 g/mol. The third-order valence-corrected chi connectivity index (χ3v) is 9.67. The first kappa shape index (κ1) is 23.7. The second kappa shape index (κ2) is 9.33. The van der Waals surface area contributed by atoms with Crippen molar-refractivity contribution < 1.29 is 9.90 Å². The van der Waals surface area contributed by atoms with Crippen LogP contribution in [0.2, 0.25) is 0 Å². The lowest BCUT2D eigenvalue weighted by Crippen LogP contribution is -2.48. The van der Waals surface area contributed by atoms with Crippen molar-refractivity contribution in [2.75, 3.05) is 5.32 Å². The molecule has 0 aliphatic heterocycles. The summed E-state index contributed by atoms with van der Waals surface area (Å²) in [6.45, 7) is 2.67. The standard InChI is InChI=1S/C29H35N3O3S/c1-2-3-4-7-10-32-22-9-6-5-8-21(22)25(33)24(27(32)35)26(34)31-28-30-23(17-36-28)29-14-18-11-19(15-29)13-20(12-18)16-29/h5-6,8-9,17-20,33H,2-4,7,10-16H2,1H3,(H,30,31,34). The second-order valence-electron chi connectivity index (χ2n) is 11.4. The molecule has 3 aromatic rings. The molecule has 4 aliphatic rings. The van der Waals surface area contributed by atoms with E-state index in [1.807, 2.05) is 18.2 Å². The Hall–Kier alpha value is -2.67. The van der Waals surface area contributed by atoms with E-state index in [2.05, 4.69) is 17.6 Å². The summed E-state index contributed by atoms with van der Waals surface area (Å²) < 4.78 is 1.64. The molecule has 2 N–H and O–H groups in total. The molecule has 4 bridgehead atoms. The summed E-state index contributed by atoms with van der Waals surface area (Å²) in [7, 11) is 0. The number of amides is 1. The van der Waals surface area contributed by atoms with Crippen LogP contribution in [0.25, 0.3) is 10.9 Å². The predicted octanol–water partition coefficient (Wildman–Crippen LogP) is 6.46. The Morgan fingerprint density at radius 2 is 1.81 bits per heavy atom. The number of carbonyl (C=O) groups is 1. The number of aromatic hydroxyl groups is 1. The number of unbranched alkanes of at least 4 members (excludes halogenated alkanes) is 3. The number of carbonyl (C=O) groups excluding carboxylic acids is 1. The van der Waals surface area contributed by atoms with Crippen LogP contribution in [-0.2, 0) is 12.0 Å². The Morgan fingerprint density at radius 1 is 1.11 bits per heavy atom. The Morgan fingerprint density at radius 3 is 2.50 bits per heavy atom. The van der Waals surface area contributed by atoms with Crippen molar-refractivity contribution in [1.82, 2.24) is 9.55 Å². The van der Waals surface area contributed by atoms with Gasteiger partial charge in [0.15, 0.2) is 5.13 Å². The van der Waals surface area contributed by atoms with Gasteiger partial charge in [0.25, 0.3) is 11.5 Å². The van der Waals surface area contributed by atoms with Gasteiger partial charge in [-0.2, -0.15) is 0 Å². The normalized spacial score (nSPS) is 26.5. The van der Waals surface area contributed by atoms with Gasteiger partial charge >= 0.3 is 0 Å². The van der Waals surface area contributed by atoms with Gasteiger partial charge in [-0.1, -0.05) is 38.3 Å². The fourth-order valence-corrected chi connectivity index (χ4v) is 8.50. The maximum Gasteiger partial charge on any atom is 0.267 e. The number of benzene rings is 1. The predicted molar refractivity (Wildman–Crippen MR) is 144 cm³/mol. The summed E-state index contributed by atoms with van der Waals surface area (Å²) in [5, 5.41) is 17.0. The average molecular weight is 506 g/mol. The van der Waals surface area contributed by atoms with Crippen LogP contribution in [0.3, 0.4) is 0 Å². The van der Waals surface area contributed by atoms with Crippen molar-refractivity contribution in [3.8, 4) is 5.75 Å². The van der Waals surface area contributed by atoms with Crippen molar-refractivity contribution in [3.05, 3.63) is 51.3 Å². The molecule has 0 radical (unpaired) electrons. The third-order valence-electron chi connectivity index (χ3n) is 8.91. The molecule has 190 valence electrons. The molecule has 2 heterocycles. The molecule has 4 saturated carbocycles. The lowest BCUT2D eigenvalue weighted by Gasteiger charge is -2.56. The first-order valence-corrected chi connectivity index (χ1v) is 14.5. The van der Waals surface area contributed by atoms with Crippen LogP contribution >= 0.6 is 11.3 Å². The summed E-state index contributed by atoms with van der Waals surface area (Å²) in [6, 6.07) is 7.26. The zero-order chi connectivity index (χ0) is 24.9. The number of nitrogens with zero attached hydrogens (tertiary/aromatic N) is 2. The van der Waals surface area contributed by atoms with Crippen LogP contribution in [-0.4, -0.2) is 20.6 Å². The Labute approximate surface area is 215 Å². The summed E-state index contributed by atoms with van der Waals surface area (Å²) in [5.41, 5.74) is 1.28. The number of pyridine rings is 1. The van der Waals surface area contributed by atoms with Crippen LogP contribution in [0.1, 0.15) is 87.2 Å². The summed E-state index contributed by atoms with van der Waals surface area (Å²) in [4.78, 5) is 31.7. The molecule has 2 aromatic heterocycles. The Bertz CT molecular complexity index is 1320. The Kier molecular flexibility index (Phi) is 6.14. The van der Waals surface area contributed by atoms with Gasteiger partial charge < -0.3 is 9.67 Å². The molecule has 6 nitrogen and oxygen atoms in total. The first-order valence-electron chi connectivity index (χ1n) is 13.6. The van der Waals surface area contributed by atoms with Crippen molar-refractivity contribution in [2.24, 2.45) is 17.8 Å². The molecule has 4 aliphatic carbocycles. The van der Waals surface area contributed by atoms with Crippen LogP contribution < -0.4 is 10.9 Å². The Balaban J connectivity index is 1.28. The molecule has 0 unspecified atom stereocenters. The maximum absolute atomic E-state index is 13.5. The highest BCUT2D eigenvalue weighted by molar-refractivity contribution is 7.14. The molecule has 7 heteroatoms. The number of rotatable bonds is 8. The number of nitrogens with one attached hydrogen (secondary N) is 1. The van der Waals surface area contributed by atoms with Crippen LogP contribution in [0.15, 0.2) is 34.4 Å². The summed E-state index contributed by atoms with van der Waals surface area (Å²) >= 11 is 1.43. The second-order valence-corrected chi connectivity index (χ2v) is 12.3. The van der Waals surface area contributed by atoms with Crippen LogP contribution in [0.4, 0.5) is 5.13 Å². The molecule has 4 fully saturated rings.